The number of esters is 1. The Morgan fingerprint density at radius 3 is 2.52 bits per heavy atom. The van der Waals surface area contributed by atoms with Gasteiger partial charge >= 0.3 is 5.97 Å². The summed E-state index contributed by atoms with van der Waals surface area (Å²) in [4.78, 5) is 38.4. The lowest BCUT2D eigenvalue weighted by Gasteiger charge is -2.32. The highest BCUT2D eigenvalue weighted by Crippen LogP contribution is 2.19. The maximum Gasteiger partial charge on any atom is 0.325 e. The molecule has 2 aromatic carbocycles. The molecule has 0 spiro atoms. The molecule has 1 saturated heterocycles. The normalized spacial score (nSPS) is 16.2. The van der Waals surface area contributed by atoms with Crippen LogP contribution >= 0.6 is 0 Å². The van der Waals surface area contributed by atoms with Crippen LogP contribution in [0.4, 0.5) is 4.39 Å². The van der Waals surface area contributed by atoms with E-state index in [2.05, 4.69) is 5.32 Å². The Hall–Kier alpha value is -3.22. The average molecular weight is 398 g/mol. The van der Waals surface area contributed by atoms with Gasteiger partial charge in [0.1, 0.15) is 19.0 Å². The van der Waals surface area contributed by atoms with Crippen LogP contribution in [0.15, 0.2) is 54.6 Å². The van der Waals surface area contributed by atoms with Gasteiger partial charge in [-0.2, -0.15) is 0 Å². The number of nitrogens with zero attached hydrogens (tertiary/aromatic N) is 1. The number of likely N-dealkylation sites (tertiary alicyclic amines) is 1. The molecule has 0 saturated carbocycles. The van der Waals surface area contributed by atoms with Crippen LogP contribution in [0.25, 0.3) is 0 Å². The van der Waals surface area contributed by atoms with Crippen molar-refractivity contribution < 1.29 is 23.5 Å². The number of piperidine rings is 1. The fraction of sp³-hybridized carbons (Fsp3) is 0.318. The monoisotopic (exact) mass is 398 g/mol. The van der Waals surface area contributed by atoms with E-state index in [0.717, 1.165) is 5.56 Å². The minimum Gasteiger partial charge on any atom is -0.460 e. The van der Waals surface area contributed by atoms with Gasteiger partial charge in [0.05, 0.1) is 5.92 Å². The molecule has 1 heterocycles. The number of amides is 2. The van der Waals surface area contributed by atoms with Crippen molar-refractivity contribution in [2.75, 3.05) is 19.6 Å². The number of hydrogen-bond donors (Lipinski definition) is 1. The molecule has 1 aliphatic heterocycles. The second kappa shape index (κ2) is 9.82. The number of benzene rings is 2. The Labute approximate surface area is 168 Å². The van der Waals surface area contributed by atoms with Gasteiger partial charge in [0, 0.05) is 18.7 Å². The molecule has 1 atom stereocenters. The van der Waals surface area contributed by atoms with E-state index in [1.165, 1.54) is 24.3 Å². The van der Waals surface area contributed by atoms with Gasteiger partial charge in [0.15, 0.2) is 0 Å². The minimum absolute atomic E-state index is 0.152. The highest BCUT2D eigenvalue weighted by molar-refractivity contribution is 5.94. The van der Waals surface area contributed by atoms with Crippen LogP contribution in [0.2, 0.25) is 0 Å². The second-order valence-electron chi connectivity index (χ2n) is 6.96. The Balaban J connectivity index is 1.46. The van der Waals surface area contributed by atoms with Crippen molar-refractivity contribution in [3.05, 3.63) is 71.5 Å². The Bertz CT molecular complexity index is 855. The first-order valence-corrected chi connectivity index (χ1v) is 9.55. The van der Waals surface area contributed by atoms with E-state index < -0.39 is 17.7 Å². The fourth-order valence-corrected chi connectivity index (χ4v) is 3.24. The molecule has 1 N–H and O–H groups in total. The van der Waals surface area contributed by atoms with Crippen LogP contribution in [0, 0.1) is 11.7 Å². The van der Waals surface area contributed by atoms with Crippen molar-refractivity contribution in [3.8, 4) is 0 Å². The van der Waals surface area contributed by atoms with Gasteiger partial charge in [-0.25, -0.2) is 4.39 Å². The van der Waals surface area contributed by atoms with Gasteiger partial charge in [-0.15, -0.1) is 0 Å². The summed E-state index contributed by atoms with van der Waals surface area (Å²) in [6.07, 6.45) is 1.32. The van der Waals surface area contributed by atoms with Crippen molar-refractivity contribution in [1.29, 1.82) is 0 Å². The zero-order chi connectivity index (χ0) is 20.6. The number of ether oxygens (including phenoxy) is 1. The molecule has 1 fully saturated rings. The number of nitrogens with one attached hydrogen (secondary N) is 1. The fourth-order valence-electron chi connectivity index (χ4n) is 3.24. The molecule has 2 amide bonds. The van der Waals surface area contributed by atoms with E-state index in [-0.39, 0.29) is 31.5 Å². The highest BCUT2D eigenvalue weighted by atomic mass is 19.1. The quantitative estimate of drug-likeness (QED) is 0.759. The summed E-state index contributed by atoms with van der Waals surface area (Å²) in [5, 5.41) is 2.59. The summed E-state index contributed by atoms with van der Waals surface area (Å²) in [6.45, 7) is 0.743. The van der Waals surface area contributed by atoms with E-state index in [0.29, 0.717) is 24.9 Å². The highest BCUT2D eigenvalue weighted by Gasteiger charge is 2.29. The first kappa shape index (κ1) is 20.5. The Morgan fingerprint density at radius 2 is 1.79 bits per heavy atom. The minimum atomic E-state index is -0.516. The van der Waals surface area contributed by atoms with E-state index >= 15 is 0 Å². The largest absolute Gasteiger partial charge is 0.460 e. The summed E-state index contributed by atoms with van der Waals surface area (Å²) >= 11 is 0. The van der Waals surface area contributed by atoms with Crippen LogP contribution in [0.3, 0.4) is 0 Å². The third-order valence-electron chi connectivity index (χ3n) is 4.82. The summed E-state index contributed by atoms with van der Waals surface area (Å²) in [5.41, 5.74) is 1.26. The summed E-state index contributed by atoms with van der Waals surface area (Å²) < 4.78 is 18.2. The molecule has 0 bridgehead atoms. The first-order chi connectivity index (χ1) is 14.0. The number of hydrogen-bond acceptors (Lipinski definition) is 4. The van der Waals surface area contributed by atoms with Gasteiger partial charge in [0.2, 0.25) is 5.91 Å². The zero-order valence-electron chi connectivity index (χ0n) is 16.0. The predicted molar refractivity (Wildman–Crippen MR) is 104 cm³/mol. The van der Waals surface area contributed by atoms with Gasteiger partial charge < -0.3 is 15.0 Å². The number of carbonyl (C=O) groups excluding carboxylic acids is 3. The van der Waals surface area contributed by atoms with Crippen molar-refractivity contribution in [1.82, 2.24) is 10.2 Å². The summed E-state index contributed by atoms with van der Waals surface area (Å²) in [7, 11) is 0. The van der Waals surface area contributed by atoms with Crippen molar-refractivity contribution in [2.45, 2.75) is 19.4 Å². The first-order valence-electron chi connectivity index (χ1n) is 9.55. The molecule has 7 heteroatoms. The topological polar surface area (TPSA) is 75.7 Å². The van der Waals surface area contributed by atoms with Crippen molar-refractivity contribution in [3.63, 3.8) is 0 Å². The van der Waals surface area contributed by atoms with E-state index in [1.807, 2.05) is 30.3 Å². The molecule has 3 rings (SSSR count). The van der Waals surface area contributed by atoms with Crippen molar-refractivity contribution >= 4 is 17.8 Å². The third-order valence-corrected chi connectivity index (χ3v) is 4.82. The molecule has 152 valence electrons. The van der Waals surface area contributed by atoms with Crippen LogP contribution < -0.4 is 5.32 Å². The average Bonchev–Trinajstić information content (AvgIpc) is 2.77. The Morgan fingerprint density at radius 1 is 1.07 bits per heavy atom. The van der Waals surface area contributed by atoms with Crippen LogP contribution in [0.5, 0.6) is 0 Å². The SMILES string of the molecule is O=C(CNC(=O)C1CCCN(C(=O)c2ccc(F)cc2)C1)OCc1ccccc1. The lowest BCUT2D eigenvalue weighted by molar-refractivity contribution is -0.145. The number of halogens is 1. The lowest BCUT2D eigenvalue weighted by atomic mass is 9.96. The number of carbonyl (C=O) groups is 3. The van der Waals surface area contributed by atoms with Gasteiger partial charge in [-0.05, 0) is 42.7 Å². The van der Waals surface area contributed by atoms with Gasteiger partial charge in [-0.1, -0.05) is 30.3 Å². The smallest absolute Gasteiger partial charge is 0.325 e. The van der Waals surface area contributed by atoms with Gasteiger partial charge in [0.25, 0.3) is 5.91 Å². The molecule has 29 heavy (non-hydrogen) atoms. The second-order valence-corrected chi connectivity index (χ2v) is 6.96. The van der Waals surface area contributed by atoms with Crippen LogP contribution in [0.1, 0.15) is 28.8 Å². The Kier molecular flexibility index (Phi) is 6.94. The third kappa shape index (κ3) is 5.88. The van der Waals surface area contributed by atoms with Gasteiger partial charge in [-0.3, -0.25) is 14.4 Å². The summed E-state index contributed by atoms with van der Waals surface area (Å²) in [6, 6.07) is 14.6. The van der Waals surface area contributed by atoms with E-state index in [4.69, 9.17) is 4.74 Å². The van der Waals surface area contributed by atoms with Crippen LogP contribution in [-0.2, 0) is 20.9 Å². The maximum absolute atomic E-state index is 13.0. The molecule has 0 aliphatic carbocycles. The maximum atomic E-state index is 13.0. The van der Waals surface area contributed by atoms with E-state index in [1.54, 1.807) is 4.90 Å². The molecule has 6 nitrogen and oxygen atoms in total. The van der Waals surface area contributed by atoms with E-state index in [9.17, 15) is 18.8 Å². The molecule has 2 aromatic rings. The summed E-state index contributed by atoms with van der Waals surface area (Å²) in [5.74, 6) is -1.83. The zero-order valence-corrected chi connectivity index (χ0v) is 16.0. The molecule has 0 aromatic heterocycles. The molecule has 1 unspecified atom stereocenters. The molecular formula is C22H23FN2O4. The van der Waals surface area contributed by atoms with Crippen LogP contribution in [-0.4, -0.2) is 42.3 Å². The number of rotatable bonds is 6. The lowest BCUT2D eigenvalue weighted by Crippen LogP contribution is -2.46. The molecular weight excluding hydrogens is 375 g/mol. The predicted octanol–water partition coefficient (Wildman–Crippen LogP) is 2.54. The molecule has 0 radical (unpaired) electrons. The van der Waals surface area contributed by atoms with Crippen molar-refractivity contribution in [2.24, 2.45) is 5.92 Å². The molecule has 1 aliphatic rings. The standard InChI is InChI=1S/C22H23FN2O4/c23-19-10-8-17(9-11-19)22(28)25-12-4-7-18(14-25)21(27)24-13-20(26)29-15-16-5-2-1-3-6-16/h1-3,5-6,8-11,18H,4,7,12-15H2,(H,24,27).